The number of hydrogen-bond donors (Lipinski definition) is 0. The van der Waals surface area contributed by atoms with Gasteiger partial charge in [-0.05, 0) is 64.0 Å². The van der Waals surface area contributed by atoms with Crippen LogP contribution in [-0.2, 0) is 0 Å². The second-order valence-electron chi connectivity index (χ2n) is 7.20. The zero-order valence-corrected chi connectivity index (χ0v) is 16.6. The van der Waals surface area contributed by atoms with E-state index in [1.165, 1.54) is 53.4 Å². The van der Waals surface area contributed by atoms with E-state index in [1.807, 2.05) is 18.7 Å². The molecule has 3 nitrogen and oxygen atoms in total. The average Bonchev–Trinajstić information content (AvgIpc) is 2.67. The van der Waals surface area contributed by atoms with Gasteiger partial charge in [0.15, 0.2) is 0 Å². The van der Waals surface area contributed by atoms with Gasteiger partial charge in [0.05, 0.1) is 18.0 Å². The molecule has 1 atom stereocenters. The second kappa shape index (κ2) is 7.93. The highest BCUT2D eigenvalue weighted by molar-refractivity contribution is 7.99. The molecule has 138 valence electrons. The molecule has 0 saturated carbocycles. The Labute approximate surface area is 161 Å². The summed E-state index contributed by atoms with van der Waals surface area (Å²) in [4.78, 5) is 7.72. The van der Waals surface area contributed by atoms with Crippen LogP contribution in [0.1, 0.15) is 32.6 Å². The van der Waals surface area contributed by atoms with Crippen molar-refractivity contribution in [3.8, 4) is 5.75 Å². The third kappa shape index (κ3) is 3.58. The molecule has 1 fully saturated rings. The number of para-hydroxylation sites is 1. The highest BCUT2D eigenvalue weighted by atomic mass is 32.2. The zero-order valence-electron chi connectivity index (χ0n) is 15.8. The van der Waals surface area contributed by atoms with Crippen LogP contribution in [0.3, 0.4) is 0 Å². The van der Waals surface area contributed by atoms with Gasteiger partial charge in [-0.15, -0.1) is 0 Å². The maximum Gasteiger partial charge on any atom is 0.121 e. The van der Waals surface area contributed by atoms with E-state index < -0.39 is 0 Å². The molecule has 2 aliphatic heterocycles. The monoisotopic (exact) mass is 368 g/mol. The molecule has 0 radical (unpaired) electrons. The summed E-state index contributed by atoms with van der Waals surface area (Å²) in [5.74, 6) is 0.964. The number of nitrogens with zero attached hydrogens (tertiary/aromatic N) is 2. The first-order valence-corrected chi connectivity index (χ1v) is 10.6. The summed E-state index contributed by atoms with van der Waals surface area (Å²) in [6, 6.07) is 16.0. The minimum Gasteiger partial charge on any atom is -0.494 e. The van der Waals surface area contributed by atoms with Crippen molar-refractivity contribution in [1.29, 1.82) is 0 Å². The third-order valence-electron chi connectivity index (χ3n) is 5.52. The molecule has 2 aromatic carbocycles. The third-order valence-corrected chi connectivity index (χ3v) is 6.65. The summed E-state index contributed by atoms with van der Waals surface area (Å²) >= 11 is 1.87. The molecule has 1 saturated heterocycles. The lowest BCUT2D eigenvalue weighted by Gasteiger charge is -2.37. The van der Waals surface area contributed by atoms with E-state index in [0.29, 0.717) is 12.6 Å². The number of hydrogen-bond acceptors (Lipinski definition) is 4. The van der Waals surface area contributed by atoms with Crippen LogP contribution in [0.4, 0.5) is 11.4 Å². The van der Waals surface area contributed by atoms with Crippen molar-refractivity contribution in [3.05, 3.63) is 42.5 Å². The van der Waals surface area contributed by atoms with Crippen LogP contribution in [-0.4, -0.2) is 37.7 Å². The van der Waals surface area contributed by atoms with Crippen molar-refractivity contribution in [2.45, 2.75) is 48.4 Å². The van der Waals surface area contributed by atoms with Gasteiger partial charge in [-0.25, -0.2) is 0 Å². The number of piperidine rings is 1. The van der Waals surface area contributed by atoms with E-state index in [9.17, 15) is 0 Å². The second-order valence-corrected chi connectivity index (χ2v) is 8.29. The molecule has 0 spiro atoms. The van der Waals surface area contributed by atoms with E-state index >= 15 is 0 Å². The van der Waals surface area contributed by atoms with Gasteiger partial charge < -0.3 is 14.5 Å². The van der Waals surface area contributed by atoms with Crippen LogP contribution >= 0.6 is 11.8 Å². The van der Waals surface area contributed by atoms with Gasteiger partial charge in [0.2, 0.25) is 0 Å². The fourth-order valence-electron chi connectivity index (χ4n) is 4.09. The Morgan fingerprint density at radius 3 is 2.77 bits per heavy atom. The topological polar surface area (TPSA) is 15.7 Å². The molecule has 1 unspecified atom stereocenters. The maximum atomic E-state index is 5.78. The summed E-state index contributed by atoms with van der Waals surface area (Å²) in [5, 5.41) is 0. The molecule has 0 N–H and O–H groups in total. The van der Waals surface area contributed by atoms with Gasteiger partial charge in [0.1, 0.15) is 5.75 Å². The lowest BCUT2D eigenvalue weighted by atomic mass is 9.99. The minimum absolute atomic E-state index is 0.698. The van der Waals surface area contributed by atoms with E-state index in [-0.39, 0.29) is 0 Å². The highest BCUT2D eigenvalue weighted by Crippen LogP contribution is 2.49. The minimum atomic E-state index is 0.698. The fraction of sp³-hybridized carbons (Fsp3) is 0.455. The van der Waals surface area contributed by atoms with Crippen molar-refractivity contribution in [2.24, 2.45) is 0 Å². The van der Waals surface area contributed by atoms with Gasteiger partial charge in [0.25, 0.3) is 0 Å². The largest absolute Gasteiger partial charge is 0.494 e. The number of rotatable bonds is 5. The molecule has 4 rings (SSSR count). The lowest BCUT2D eigenvalue weighted by Crippen LogP contribution is -2.38. The number of fused-ring (bicyclic) bond motifs is 2. The molecular weight excluding hydrogens is 340 g/mol. The Morgan fingerprint density at radius 2 is 1.92 bits per heavy atom. The summed E-state index contributed by atoms with van der Waals surface area (Å²) in [5.41, 5.74) is 2.62. The fourth-order valence-corrected chi connectivity index (χ4v) is 5.17. The molecule has 0 aromatic heterocycles. The Hall–Kier alpha value is -1.65. The molecule has 2 aromatic rings. The smallest absolute Gasteiger partial charge is 0.121 e. The van der Waals surface area contributed by atoms with Crippen LogP contribution in [0, 0.1) is 0 Å². The summed E-state index contributed by atoms with van der Waals surface area (Å²) in [7, 11) is 2.28. The Kier molecular flexibility index (Phi) is 5.41. The van der Waals surface area contributed by atoms with E-state index in [4.69, 9.17) is 4.74 Å². The average molecular weight is 369 g/mol. The number of ether oxygens (including phenoxy) is 1. The standard InChI is InChI=1S/C22H28N2OS/c1-3-25-18-11-12-22-20(16-18)24(19-9-4-5-10-21(19)26-22)15-13-17-8-6-7-14-23(17)2/h4-5,9-12,16-17H,3,6-8,13-15H2,1-2H3. The molecule has 0 amide bonds. The molecule has 4 heteroatoms. The predicted molar refractivity (Wildman–Crippen MR) is 110 cm³/mol. The summed E-state index contributed by atoms with van der Waals surface area (Å²) in [6.45, 7) is 5.03. The van der Waals surface area contributed by atoms with Crippen LogP contribution in [0.5, 0.6) is 5.75 Å². The van der Waals surface area contributed by atoms with Crippen molar-refractivity contribution >= 4 is 23.1 Å². The van der Waals surface area contributed by atoms with Gasteiger partial charge in [-0.1, -0.05) is 30.3 Å². The van der Waals surface area contributed by atoms with Gasteiger partial charge in [-0.2, -0.15) is 0 Å². The van der Waals surface area contributed by atoms with E-state index in [0.717, 1.165) is 12.3 Å². The van der Waals surface area contributed by atoms with Crippen molar-refractivity contribution < 1.29 is 4.74 Å². The van der Waals surface area contributed by atoms with Crippen molar-refractivity contribution in [2.75, 3.05) is 31.6 Å². The van der Waals surface area contributed by atoms with Crippen molar-refractivity contribution in [1.82, 2.24) is 4.90 Å². The SMILES string of the molecule is CCOc1ccc2c(c1)N(CCC1CCCCN1C)c1ccccc1S2. The van der Waals surface area contributed by atoms with Crippen LogP contribution in [0.25, 0.3) is 0 Å². The first kappa shape index (κ1) is 17.7. The number of anilines is 2. The van der Waals surface area contributed by atoms with E-state index in [2.05, 4.69) is 59.3 Å². The maximum absolute atomic E-state index is 5.78. The van der Waals surface area contributed by atoms with Gasteiger partial charge in [0, 0.05) is 28.4 Å². The zero-order chi connectivity index (χ0) is 17.9. The Balaban J connectivity index is 1.62. The molecule has 2 heterocycles. The normalized spacial score (nSPS) is 19.8. The summed E-state index contributed by atoms with van der Waals surface area (Å²) in [6.07, 6.45) is 5.24. The highest BCUT2D eigenvalue weighted by Gasteiger charge is 2.26. The van der Waals surface area contributed by atoms with Crippen LogP contribution in [0.15, 0.2) is 52.3 Å². The van der Waals surface area contributed by atoms with E-state index in [1.54, 1.807) is 0 Å². The molecule has 26 heavy (non-hydrogen) atoms. The van der Waals surface area contributed by atoms with Gasteiger partial charge >= 0.3 is 0 Å². The Bertz CT molecular complexity index is 764. The lowest BCUT2D eigenvalue weighted by molar-refractivity contribution is 0.178. The Morgan fingerprint density at radius 1 is 1.08 bits per heavy atom. The quantitative estimate of drug-likeness (QED) is 0.686. The van der Waals surface area contributed by atoms with Crippen LogP contribution in [0.2, 0.25) is 0 Å². The predicted octanol–water partition coefficient (Wildman–Crippen LogP) is 5.56. The van der Waals surface area contributed by atoms with Crippen LogP contribution < -0.4 is 9.64 Å². The molecule has 0 bridgehead atoms. The number of benzene rings is 2. The molecule has 2 aliphatic rings. The first-order valence-electron chi connectivity index (χ1n) is 9.78. The van der Waals surface area contributed by atoms with Gasteiger partial charge in [-0.3, -0.25) is 0 Å². The number of likely N-dealkylation sites (tertiary alicyclic amines) is 1. The molecule has 0 aliphatic carbocycles. The molecular formula is C22H28N2OS. The van der Waals surface area contributed by atoms with Crippen molar-refractivity contribution in [3.63, 3.8) is 0 Å². The summed E-state index contributed by atoms with van der Waals surface area (Å²) < 4.78 is 5.78. The first-order chi connectivity index (χ1) is 12.8.